The predicted octanol–water partition coefficient (Wildman–Crippen LogP) is 1.28. The number of anilines is 2. The number of rotatable bonds is 3. The minimum Gasteiger partial charge on any atom is -0.491 e. The maximum absolute atomic E-state index is 12.2. The van der Waals surface area contributed by atoms with Crippen molar-refractivity contribution in [3.05, 3.63) is 36.5 Å². The van der Waals surface area contributed by atoms with E-state index in [1.807, 2.05) is 24.3 Å². The first-order valence-electron chi connectivity index (χ1n) is 6.55. The van der Waals surface area contributed by atoms with Crippen LogP contribution in [0, 0.1) is 0 Å². The standard InChI is InChI=1S/C14H16N4O2/c15-13-5-7-17(16-13)8-9-18-11-3-1-2-4-12(11)20-10-6-14(18)19/h1-5,7H,6,8-10H2,(H2,15,16). The van der Waals surface area contributed by atoms with Gasteiger partial charge in [-0.3, -0.25) is 9.48 Å². The maximum Gasteiger partial charge on any atom is 0.230 e. The van der Waals surface area contributed by atoms with Crippen molar-refractivity contribution >= 4 is 17.4 Å². The molecule has 20 heavy (non-hydrogen) atoms. The molecule has 0 aliphatic carbocycles. The van der Waals surface area contributed by atoms with Crippen LogP contribution in [0.25, 0.3) is 0 Å². The van der Waals surface area contributed by atoms with Gasteiger partial charge in [0.15, 0.2) is 0 Å². The Hall–Kier alpha value is -2.50. The van der Waals surface area contributed by atoms with Crippen molar-refractivity contribution in [2.45, 2.75) is 13.0 Å². The average Bonchev–Trinajstić information content (AvgIpc) is 2.79. The second kappa shape index (κ2) is 5.24. The van der Waals surface area contributed by atoms with Gasteiger partial charge in [0, 0.05) is 12.7 Å². The van der Waals surface area contributed by atoms with Crippen LogP contribution in [0.1, 0.15) is 6.42 Å². The van der Waals surface area contributed by atoms with Crippen LogP contribution in [0.5, 0.6) is 5.75 Å². The largest absolute Gasteiger partial charge is 0.491 e. The zero-order valence-corrected chi connectivity index (χ0v) is 11.0. The van der Waals surface area contributed by atoms with Crippen molar-refractivity contribution < 1.29 is 9.53 Å². The highest BCUT2D eigenvalue weighted by molar-refractivity contribution is 5.95. The number of amides is 1. The summed E-state index contributed by atoms with van der Waals surface area (Å²) in [4.78, 5) is 13.9. The molecule has 0 spiro atoms. The number of fused-ring (bicyclic) bond motifs is 1. The lowest BCUT2D eigenvalue weighted by Gasteiger charge is -2.21. The molecule has 1 aromatic heterocycles. The Morgan fingerprint density at radius 1 is 1.25 bits per heavy atom. The summed E-state index contributed by atoms with van der Waals surface area (Å²) >= 11 is 0. The summed E-state index contributed by atoms with van der Waals surface area (Å²) in [5, 5.41) is 4.12. The first kappa shape index (κ1) is 12.5. The second-order valence-electron chi connectivity index (χ2n) is 4.62. The summed E-state index contributed by atoms with van der Waals surface area (Å²) in [7, 11) is 0. The van der Waals surface area contributed by atoms with E-state index in [2.05, 4.69) is 5.10 Å². The Labute approximate surface area is 116 Å². The molecule has 2 N–H and O–H groups in total. The molecule has 1 amide bonds. The number of nitrogens with zero attached hydrogens (tertiary/aromatic N) is 3. The molecule has 0 radical (unpaired) electrons. The molecule has 0 atom stereocenters. The van der Waals surface area contributed by atoms with Crippen molar-refractivity contribution in [2.24, 2.45) is 0 Å². The Kier molecular flexibility index (Phi) is 3.28. The van der Waals surface area contributed by atoms with Crippen LogP contribution in [-0.4, -0.2) is 28.8 Å². The number of carbonyl (C=O) groups excluding carboxylic acids is 1. The van der Waals surface area contributed by atoms with Gasteiger partial charge in [0.2, 0.25) is 5.91 Å². The van der Waals surface area contributed by atoms with Crippen LogP contribution in [-0.2, 0) is 11.3 Å². The SMILES string of the molecule is Nc1ccn(CCN2C(=O)CCOc3ccccc32)n1. The second-order valence-corrected chi connectivity index (χ2v) is 4.62. The average molecular weight is 272 g/mol. The van der Waals surface area contributed by atoms with Gasteiger partial charge in [0.1, 0.15) is 11.6 Å². The topological polar surface area (TPSA) is 73.4 Å². The zero-order valence-electron chi connectivity index (χ0n) is 11.0. The van der Waals surface area contributed by atoms with Crippen LogP contribution in [0.3, 0.4) is 0 Å². The number of nitrogen functional groups attached to an aromatic ring is 1. The van der Waals surface area contributed by atoms with Crippen molar-refractivity contribution in [1.82, 2.24) is 9.78 Å². The molecular weight excluding hydrogens is 256 g/mol. The first-order valence-corrected chi connectivity index (χ1v) is 6.55. The number of hydrogen-bond acceptors (Lipinski definition) is 4. The third-order valence-electron chi connectivity index (χ3n) is 3.24. The van der Waals surface area contributed by atoms with Crippen LogP contribution in [0.4, 0.5) is 11.5 Å². The summed E-state index contributed by atoms with van der Waals surface area (Å²) in [5.41, 5.74) is 6.40. The molecule has 0 unspecified atom stereocenters. The molecule has 2 aromatic rings. The molecular formula is C14H16N4O2. The minimum atomic E-state index is 0.0649. The molecule has 6 nitrogen and oxygen atoms in total. The van der Waals surface area contributed by atoms with Crippen LogP contribution in [0.15, 0.2) is 36.5 Å². The first-order chi connectivity index (χ1) is 9.74. The fourth-order valence-electron chi connectivity index (χ4n) is 2.27. The van der Waals surface area contributed by atoms with Crippen molar-refractivity contribution in [3.63, 3.8) is 0 Å². The molecule has 0 bridgehead atoms. The summed E-state index contributed by atoms with van der Waals surface area (Å²) in [6.07, 6.45) is 2.19. The third-order valence-corrected chi connectivity index (χ3v) is 3.24. The number of hydrogen-bond donors (Lipinski definition) is 1. The lowest BCUT2D eigenvalue weighted by atomic mass is 10.2. The van der Waals surface area contributed by atoms with E-state index in [0.717, 1.165) is 11.4 Å². The summed E-state index contributed by atoms with van der Waals surface area (Å²) < 4.78 is 7.33. The minimum absolute atomic E-state index is 0.0649. The van der Waals surface area contributed by atoms with Gasteiger partial charge in [-0.1, -0.05) is 12.1 Å². The van der Waals surface area contributed by atoms with Gasteiger partial charge in [0.05, 0.1) is 25.3 Å². The fraction of sp³-hybridized carbons (Fsp3) is 0.286. The summed E-state index contributed by atoms with van der Waals surface area (Å²) in [6.45, 7) is 1.55. The molecule has 1 aliphatic rings. The highest BCUT2D eigenvalue weighted by Crippen LogP contribution is 2.30. The molecule has 1 aliphatic heterocycles. The highest BCUT2D eigenvalue weighted by Gasteiger charge is 2.22. The third kappa shape index (κ3) is 2.45. The molecule has 0 saturated heterocycles. The van der Waals surface area contributed by atoms with Gasteiger partial charge in [-0.2, -0.15) is 5.10 Å². The van der Waals surface area contributed by atoms with E-state index >= 15 is 0 Å². The molecule has 2 heterocycles. The molecule has 0 fully saturated rings. The van der Waals surface area contributed by atoms with Gasteiger partial charge < -0.3 is 15.4 Å². The van der Waals surface area contributed by atoms with Crippen molar-refractivity contribution in [3.8, 4) is 5.75 Å². The van der Waals surface area contributed by atoms with E-state index < -0.39 is 0 Å². The Bertz CT molecular complexity index is 623. The molecule has 6 heteroatoms. The van der Waals surface area contributed by atoms with E-state index in [-0.39, 0.29) is 5.91 Å². The van der Waals surface area contributed by atoms with Gasteiger partial charge in [-0.25, -0.2) is 0 Å². The highest BCUT2D eigenvalue weighted by atomic mass is 16.5. The number of benzene rings is 1. The van der Waals surface area contributed by atoms with E-state index in [9.17, 15) is 4.79 Å². The van der Waals surface area contributed by atoms with Gasteiger partial charge in [0.25, 0.3) is 0 Å². The molecule has 1 aromatic carbocycles. The summed E-state index contributed by atoms with van der Waals surface area (Å²) in [5.74, 6) is 1.30. The lowest BCUT2D eigenvalue weighted by molar-refractivity contribution is -0.118. The zero-order chi connectivity index (χ0) is 13.9. The van der Waals surface area contributed by atoms with Crippen LogP contribution < -0.4 is 15.4 Å². The number of aromatic nitrogens is 2. The van der Waals surface area contributed by atoms with Gasteiger partial charge in [-0.05, 0) is 18.2 Å². The Morgan fingerprint density at radius 2 is 2.10 bits per heavy atom. The summed E-state index contributed by atoms with van der Waals surface area (Å²) in [6, 6.07) is 9.32. The number of nitrogens with two attached hydrogens (primary N) is 1. The smallest absolute Gasteiger partial charge is 0.230 e. The Balaban J connectivity index is 1.81. The van der Waals surface area contributed by atoms with E-state index in [1.54, 1.807) is 21.8 Å². The number of carbonyl (C=O) groups is 1. The molecule has 3 rings (SSSR count). The van der Waals surface area contributed by atoms with Gasteiger partial charge >= 0.3 is 0 Å². The molecule has 104 valence electrons. The number of ether oxygens (including phenoxy) is 1. The normalized spacial score (nSPS) is 14.6. The lowest BCUT2D eigenvalue weighted by Crippen LogP contribution is -2.33. The van der Waals surface area contributed by atoms with Crippen LogP contribution >= 0.6 is 0 Å². The van der Waals surface area contributed by atoms with Crippen molar-refractivity contribution in [1.29, 1.82) is 0 Å². The monoisotopic (exact) mass is 272 g/mol. The number of para-hydroxylation sites is 2. The fourth-order valence-corrected chi connectivity index (χ4v) is 2.27. The maximum atomic E-state index is 12.2. The predicted molar refractivity (Wildman–Crippen MR) is 75.5 cm³/mol. The van der Waals surface area contributed by atoms with Crippen LogP contribution in [0.2, 0.25) is 0 Å². The van der Waals surface area contributed by atoms with Gasteiger partial charge in [-0.15, -0.1) is 0 Å². The van der Waals surface area contributed by atoms with E-state index in [4.69, 9.17) is 10.5 Å². The molecule has 0 saturated carbocycles. The van der Waals surface area contributed by atoms with Crippen molar-refractivity contribution in [2.75, 3.05) is 23.8 Å². The quantitative estimate of drug-likeness (QED) is 0.913. The Morgan fingerprint density at radius 3 is 2.90 bits per heavy atom. The van der Waals surface area contributed by atoms with E-state index in [0.29, 0.717) is 31.9 Å². The van der Waals surface area contributed by atoms with E-state index in [1.165, 1.54) is 0 Å².